The molecule has 1 aromatic carbocycles. The Morgan fingerprint density at radius 1 is 1.26 bits per heavy atom. The molecule has 0 aliphatic carbocycles. The molecule has 0 bridgehead atoms. The van der Waals surface area contributed by atoms with E-state index in [0.717, 1.165) is 27.1 Å². The normalized spacial score (nSPS) is 10.8. The van der Waals surface area contributed by atoms with Crippen molar-refractivity contribution in [2.24, 2.45) is 0 Å². The summed E-state index contributed by atoms with van der Waals surface area (Å²) >= 11 is 3.43. The lowest BCUT2D eigenvalue weighted by Gasteiger charge is -2.03. The summed E-state index contributed by atoms with van der Waals surface area (Å²) < 4.78 is 8.05. The van der Waals surface area contributed by atoms with Gasteiger partial charge in [-0.3, -0.25) is 4.40 Å². The molecule has 5 heteroatoms. The summed E-state index contributed by atoms with van der Waals surface area (Å²) in [6.45, 7) is 0. The second-order valence-electron chi connectivity index (χ2n) is 4.15. The first-order chi connectivity index (χ1) is 9.19. The number of nitrogen functional groups attached to an aromatic ring is 1. The van der Waals surface area contributed by atoms with Crippen LogP contribution in [-0.2, 0) is 0 Å². The number of imidazole rings is 1. The number of aromatic nitrogens is 2. The maximum absolute atomic E-state index is 6.17. The van der Waals surface area contributed by atoms with Crippen molar-refractivity contribution in [1.82, 2.24) is 9.38 Å². The van der Waals surface area contributed by atoms with E-state index in [1.165, 1.54) is 0 Å². The van der Waals surface area contributed by atoms with Crippen LogP contribution in [-0.4, -0.2) is 16.5 Å². The van der Waals surface area contributed by atoms with Crippen LogP contribution in [0.4, 0.5) is 5.82 Å². The van der Waals surface area contributed by atoms with Crippen molar-refractivity contribution in [3.63, 3.8) is 0 Å². The first kappa shape index (κ1) is 12.0. The number of hydrogen-bond donors (Lipinski definition) is 1. The highest BCUT2D eigenvalue weighted by atomic mass is 79.9. The number of ether oxygens (including phenoxy) is 1. The van der Waals surface area contributed by atoms with Gasteiger partial charge in [-0.2, -0.15) is 0 Å². The molecule has 0 unspecified atom stereocenters. The molecule has 0 radical (unpaired) electrons. The SMILES string of the molecule is COc1cccc(-c2nc3ccc(Br)cn3c2N)c1. The van der Waals surface area contributed by atoms with Crippen molar-refractivity contribution in [2.45, 2.75) is 0 Å². The number of nitrogens with zero attached hydrogens (tertiary/aromatic N) is 2. The molecule has 96 valence electrons. The van der Waals surface area contributed by atoms with E-state index < -0.39 is 0 Å². The fourth-order valence-electron chi connectivity index (χ4n) is 2.02. The Morgan fingerprint density at radius 2 is 2.11 bits per heavy atom. The summed E-state index contributed by atoms with van der Waals surface area (Å²) in [4.78, 5) is 4.56. The van der Waals surface area contributed by atoms with Crippen LogP contribution in [0.1, 0.15) is 0 Å². The summed E-state index contributed by atoms with van der Waals surface area (Å²) in [6, 6.07) is 11.6. The predicted octanol–water partition coefficient (Wildman–Crippen LogP) is 3.35. The monoisotopic (exact) mass is 317 g/mol. The van der Waals surface area contributed by atoms with Gasteiger partial charge in [-0.25, -0.2) is 4.98 Å². The number of hydrogen-bond acceptors (Lipinski definition) is 3. The van der Waals surface area contributed by atoms with Crippen LogP contribution >= 0.6 is 15.9 Å². The molecule has 0 aliphatic rings. The van der Waals surface area contributed by atoms with Crippen molar-refractivity contribution in [3.8, 4) is 17.0 Å². The van der Waals surface area contributed by atoms with E-state index in [0.29, 0.717) is 5.82 Å². The zero-order valence-corrected chi connectivity index (χ0v) is 11.9. The average molecular weight is 318 g/mol. The van der Waals surface area contributed by atoms with E-state index in [2.05, 4.69) is 20.9 Å². The van der Waals surface area contributed by atoms with Gasteiger partial charge in [-0.05, 0) is 40.2 Å². The van der Waals surface area contributed by atoms with Gasteiger partial charge in [0, 0.05) is 16.2 Å². The molecule has 19 heavy (non-hydrogen) atoms. The number of halogens is 1. The molecule has 3 aromatic rings. The summed E-state index contributed by atoms with van der Waals surface area (Å²) in [6.07, 6.45) is 1.90. The van der Waals surface area contributed by atoms with E-state index >= 15 is 0 Å². The second-order valence-corrected chi connectivity index (χ2v) is 5.07. The van der Waals surface area contributed by atoms with Gasteiger partial charge in [0.15, 0.2) is 0 Å². The number of fused-ring (bicyclic) bond motifs is 1. The van der Waals surface area contributed by atoms with Gasteiger partial charge >= 0.3 is 0 Å². The van der Waals surface area contributed by atoms with Crippen molar-refractivity contribution in [3.05, 3.63) is 47.1 Å². The van der Waals surface area contributed by atoms with E-state index in [-0.39, 0.29) is 0 Å². The van der Waals surface area contributed by atoms with Gasteiger partial charge in [0.25, 0.3) is 0 Å². The van der Waals surface area contributed by atoms with Crippen LogP contribution in [0, 0.1) is 0 Å². The lowest BCUT2D eigenvalue weighted by Crippen LogP contribution is -1.94. The van der Waals surface area contributed by atoms with Gasteiger partial charge < -0.3 is 10.5 Å². The van der Waals surface area contributed by atoms with Crippen LogP contribution in [0.15, 0.2) is 47.1 Å². The van der Waals surface area contributed by atoms with Gasteiger partial charge in [0.05, 0.1) is 7.11 Å². The Hall–Kier alpha value is -2.01. The summed E-state index contributed by atoms with van der Waals surface area (Å²) in [5, 5.41) is 0. The minimum atomic E-state index is 0.615. The molecule has 0 spiro atoms. The molecular weight excluding hydrogens is 306 g/mol. The number of benzene rings is 1. The standard InChI is InChI=1S/C14H12BrN3O/c1-19-11-4-2-3-9(7-11)13-14(16)18-8-10(15)5-6-12(18)17-13/h2-8H,16H2,1H3. The van der Waals surface area contributed by atoms with E-state index in [1.807, 2.05) is 47.0 Å². The molecule has 0 aliphatic heterocycles. The van der Waals surface area contributed by atoms with Crippen molar-refractivity contribution >= 4 is 27.4 Å². The molecule has 2 N–H and O–H groups in total. The highest BCUT2D eigenvalue weighted by molar-refractivity contribution is 9.10. The zero-order valence-electron chi connectivity index (χ0n) is 10.3. The third-order valence-corrected chi connectivity index (χ3v) is 3.43. The molecule has 0 saturated carbocycles. The lowest BCUT2D eigenvalue weighted by atomic mass is 10.1. The maximum atomic E-state index is 6.17. The third-order valence-electron chi connectivity index (χ3n) is 2.96. The average Bonchev–Trinajstić information content (AvgIpc) is 2.76. The molecule has 4 nitrogen and oxygen atoms in total. The van der Waals surface area contributed by atoms with Crippen molar-refractivity contribution in [1.29, 1.82) is 0 Å². The molecule has 0 amide bonds. The quantitative estimate of drug-likeness (QED) is 0.788. The van der Waals surface area contributed by atoms with Gasteiger partial charge in [-0.15, -0.1) is 0 Å². The van der Waals surface area contributed by atoms with E-state index in [1.54, 1.807) is 7.11 Å². The first-order valence-corrected chi connectivity index (χ1v) is 6.56. The Bertz CT molecular complexity index is 752. The topological polar surface area (TPSA) is 52.5 Å². The molecule has 2 aromatic heterocycles. The lowest BCUT2D eigenvalue weighted by molar-refractivity contribution is 0.415. The summed E-state index contributed by atoms with van der Waals surface area (Å²) in [5.41, 5.74) is 8.69. The summed E-state index contributed by atoms with van der Waals surface area (Å²) in [7, 11) is 1.64. The maximum Gasteiger partial charge on any atom is 0.139 e. The van der Waals surface area contributed by atoms with E-state index in [4.69, 9.17) is 10.5 Å². The zero-order chi connectivity index (χ0) is 13.4. The van der Waals surface area contributed by atoms with Gasteiger partial charge in [0.2, 0.25) is 0 Å². The predicted molar refractivity (Wildman–Crippen MR) is 79.3 cm³/mol. The van der Waals surface area contributed by atoms with Crippen molar-refractivity contribution in [2.75, 3.05) is 12.8 Å². The number of methoxy groups -OCH3 is 1. The Morgan fingerprint density at radius 3 is 2.89 bits per heavy atom. The van der Waals surface area contributed by atoms with Crippen LogP contribution < -0.4 is 10.5 Å². The van der Waals surface area contributed by atoms with Crippen LogP contribution in [0.2, 0.25) is 0 Å². The molecule has 2 heterocycles. The third kappa shape index (κ3) is 2.06. The fraction of sp³-hybridized carbons (Fsp3) is 0.0714. The Kier molecular flexibility index (Phi) is 2.91. The van der Waals surface area contributed by atoms with Crippen molar-refractivity contribution < 1.29 is 4.74 Å². The van der Waals surface area contributed by atoms with Gasteiger partial charge in [0.1, 0.15) is 22.9 Å². The smallest absolute Gasteiger partial charge is 0.139 e. The van der Waals surface area contributed by atoms with Gasteiger partial charge in [-0.1, -0.05) is 12.1 Å². The highest BCUT2D eigenvalue weighted by Gasteiger charge is 2.11. The van der Waals surface area contributed by atoms with Crippen LogP contribution in [0.3, 0.4) is 0 Å². The second kappa shape index (κ2) is 4.59. The largest absolute Gasteiger partial charge is 0.497 e. The molecule has 3 rings (SSSR count). The van der Waals surface area contributed by atoms with Crippen LogP contribution in [0.25, 0.3) is 16.9 Å². The molecule has 0 fully saturated rings. The number of anilines is 1. The number of pyridine rings is 1. The van der Waals surface area contributed by atoms with E-state index in [9.17, 15) is 0 Å². The Labute approximate surface area is 119 Å². The summed E-state index contributed by atoms with van der Waals surface area (Å²) in [5.74, 6) is 1.40. The Balaban J connectivity index is 2.21. The fourth-order valence-corrected chi connectivity index (χ4v) is 2.36. The molecular formula is C14H12BrN3O. The minimum absolute atomic E-state index is 0.615. The van der Waals surface area contributed by atoms with Crippen LogP contribution in [0.5, 0.6) is 5.75 Å². The molecule has 0 saturated heterocycles. The first-order valence-electron chi connectivity index (χ1n) is 5.76. The molecule has 0 atom stereocenters. The highest BCUT2D eigenvalue weighted by Crippen LogP contribution is 2.29. The minimum Gasteiger partial charge on any atom is -0.497 e. The number of rotatable bonds is 2. The number of nitrogens with two attached hydrogens (primary N) is 1.